The molecule has 10 heteroatoms. The molecule has 1 fully saturated rings. The number of carbonyl (C=O) groups is 1. The summed E-state index contributed by atoms with van der Waals surface area (Å²) in [5.41, 5.74) is 0.119. The number of sulfonamides is 1. The SMILES string of the molecule is O=C(Nc1ccc(F)c(N2CCCS2(=O)=O)c1)c1ncoc1-c1ccco1. The molecule has 8 nitrogen and oxygen atoms in total. The van der Waals surface area contributed by atoms with E-state index in [4.69, 9.17) is 8.83 Å². The maximum Gasteiger partial charge on any atom is 0.278 e. The molecule has 0 saturated carbocycles. The number of rotatable bonds is 4. The fourth-order valence-corrected chi connectivity index (χ4v) is 4.43. The first-order valence-corrected chi connectivity index (χ1v) is 9.65. The molecule has 1 aliphatic heterocycles. The maximum atomic E-state index is 14.2. The number of anilines is 2. The number of halogens is 1. The van der Waals surface area contributed by atoms with E-state index in [-0.39, 0.29) is 35.1 Å². The van der Waals surface area contributed by atoms with Crippen molar-refractivity contribution in [1.29, 1.82) is 0 Å². The zero-order valence-corrected chi connectivity index (χ0v) is 14.7. The number of oxazole rings is 1. The Kier molecular flexibility index (Phi) is 4.19. The molecule has 140 valence electrons. The standard InChI is InChI=1S/C17H14FN3O5S/c18-12-5-4-11(9-13(12)21-6-2-8-27(21,23)24)20-17(22)15-16(26-10-19-15)14-3-1-7-25-14/h1,3-5,7,9-10H,2,6,8H2,(H,20,22). The summed E-state index contributed by atoms with van der Waals surface area (Å²) in [6.07, 6.45) is 2.96. The van der Waals surface area contributed by atoms with Crippen LogP contribution in [-0.2, 0) is 10.0 Å². The Morgan fingerprint density at radius 3 is 2.81 bits per heavy atom. The lowest BCUT2D eigenvalue weighted by Crippen LogP contribution is -2.26. The third-order valence-corrected chi connectivity index (χ3v) is 5.95. The van der Waals surface area contributed by atoms with Crippen LogP contribution in [0.3, 0.4) is 0 Å². The first-order valence-electron chi connectivity index (χ1n) is 8.04. The van der Waals surface area contributed by atoms with Crippen molar-refractivity contribution in [2.24, 2.45) is 0 Å². The number of benzene rings is 1. The lowest BCUT2D eigenvalue weighted by Gasteiger charge is -2.18. The molecule has 0 atom stereocenters. The highest BCUT2D eigenvalue weighted by molar-refractivity contribution is 7.93. The quantitative estimate of drug-likeness (QED) is 0.733. The topological polar surface area (TPSA) is 106 Å². The van der Waals surface area contributed by atoms with Gasteiger partial charge in [0.2, 0.25) is 15.8 Å². The molecule has 3 aromatic rings. The van der Waals surface area contributed by atoms with E-state index in [2.05, 4.69) is 10.3 Å². The largest absolute Gasteiger partial charge is 0.461 e. The summed E-state index contributed by atoms with van der Waals surface area (Å²) in [7, 11) is -3.55. The molecule has 1 aliphatic rings. The summed E-state index contributed by atoms with van der Waals surface area (Å²) in [4.78, 5) is 16.4. The van der Waals surface area contributed by atoms with Crippen molar-refractivity contribution in [2.75, 3.05) is 21.9 Å². The van der Waals surface area contributed by atoms with Gasteiger partial charge in [-0.25, -0.2) is 17.8 Å². The van der Waals surface area contributed by atoms with Gasteiger partial charge in [0, 0.05) is 12.2 Å². The van der Waals surface area contributed by atoms with Crippen molar-refractivity contribution in [3.8, 4) is 11.5 Å². The zero-order chi connectivity index (χ0) is 19.0. The van der Waals surface area contributed by atoms with Gasteiger partial charge in [0.05, 0.1) is 17.7 Å². The third kappa shape index (κ3) is 3.19. The first kappa shape index (κ1) is 17.3. The molecule has 2 aromatic heterocycles. The fourth-order valence-electron chi connectivity index (χ4n) is 2.87. The molecule has 0 spiro atoms. The van der Waals surface area contributed by atoms with Crippen molar-refractivity contribution in [2.45, 2.75) is 6.42 Å². The summed E-state index contributed by atoms with van der Waals surface area (Å²) in [5.74, 6) is -0.829. The Labute approximate surface area is 153 Å². The van der Waals surface area contributed by atoms with Crippen LogP contribution in [0.2, 0.25) is 0 Å². The second-order valence-electron chi connectivity index (χ2n) is 5.87. The van der Waals surface area contributed by atoms with Gasteiger partial charge in [0.1, 0.15) is 5.82 Å². The van der Waals surface area contributed by atoms with Crippen molar-refractivity contribution in [3.63, 3.8) is 0 Å². The normalized spacial score (nSPS) is 15.8. The number of carbonyl (C=O) groups excluding carboxylic acids is 1. The van der Waals surface area contributed by atoms with Crippen molar-refractivity contribution in [1.82, 2.24) is 4.98 Å². The molecule has 3 heterocycles. The molecule has 1 amide bonds. The van der Waals surface area contributed by atoms with Gasteiger partial charge >= 0.3 is 0 Å². The van der Waals surface area contributed by atoms with Gasteiger partial charge in [-0.2, -0.15) is 0 Å². The Balaban J connectivity index is 1.62. The number of nitrogens with one attached hydrogen (secondary N) is 1. The molecular formula is C17H14FN3O5S. The van der Waals surface area contributed by atoms with Crippen LogP contribution in [-0.4, -0.2) is 31.6 Å². The predicted molar refractivity (Wildman–Crippen MR) is 94.3 cm³/mol. The Morgan fingerprint density at radius 1 is 1.26 bits per heavy atom. The van der Waals surface area contributed by atoms with Gasteiger partial charge < -0.3 is 14.2 Å². The molecule has 0 aliphatic carbocycles. The van der Waals surface area contributed by atoms with Crippen molar-refractivity contribution >= 4 is 27.3 Å². The van der Waals surface area contributed by atoms with Crippen LogP contribution in [0.5, 0.6) is 0 Å². The van der Waals surface area contributed by atoms with Crippen LogP contribution in [0.1, 0.15) is 16.9 Å². The van der Waals surface area contributed by atoms with Gasteiger partial charge in [-0.05, 0) is 36.8 Å². The smallest absolute Gasteiger partial charge is 0.278 e. The van der Waals surface area contributed by atoms with Crippen LogP contribution in [0.4, 0.5) is 15.8 Å². The minimum absolute atomic E-state index is 0.00961. The summed E-state index contributed by atoms with van der Waals surface area (Å²) in [6.45, 7) is 0.197. The molecule has 1 saturated heterocycles. The number of aromatic nitrogens is 1. The summed E-state index contributed by atoms with van der Waals surface area (Å²) < 4.78 is 49.7. The average molecular weight is 391 g/mol. The molecule has 1 N–H and O–H groups in total. The predicted octanol–water partition coefficient (Wildman–Crippen LogP) is 2.87. The van der Waals surface area contributed by atoms with E-state index in [1.807, 2.05) is 0 Å². The van der Waals surface area contributed by atoms with Crippen LogP contribution < -0.4 is 9.62 Å². The summed E-state index contributed by atoms with van der Waals surface area (Å²) >= 11 is 0. The van der Waals surface area contributed by atoms with E-state index >= 15 is 0 Å². The molecule has 0 unspecified atom stereocenters. The molecule has 4 rings (SSSR count). The lowest BCUT2D eigenvalue weighted by atomic mass is 10.2. The molecular weight excluding hydrogens is 377 g/mol. The van der Waals surface area contributed by atoms with E-state index < -0.39 is 21.7 Å². The molecule has 1 aromatic carbocycles. The van der Waals surface area contributed by atoms with E-state index in [1.165, 1.54) is 18.4 Å². The molecule has 0 bridgehead atoms. The summed E-state index contributed by atoms with van der Waals surface area (Å²) in [6, 6.07) is 6.98. The zero-order valence-electron chi connectivity index (χ0n) is 13.9. The summed E-state index contributed by atoms with van der Waals surface area (Å²) in [5, 5.41) is 2.57. The monoisotopic (exact) mass is 391 g/mol. The molecule has 27 heavy (non-hydrogen) atoms. The van der Waals surface area contributed by atoms with Crippen LogP contribution >= 0.6 is 0 Å². The lowest BCUT2D eigenvalue weighted by molar-refractivity contribution is 0.102. The van der Waals surface area contributed by atoms with E-state index in [0.29, 0.717) is 12.2 Å². The number of hydrogen-bond acceptors (Lipinski definition) is 6. The maximum absolute atomic E-state index is 14.2. The second kappa shape index (κ2) is 6.54. The number of nitrogens with zero attached hydrogens (tertiary/aromatic N) is 2. The fraction of sp³-hybridized carbons (Fsp3) is 0.176. The van der Waals surface area contributed by atoms with Gasteiger partial charge in [0.15, 0.2) is 17.8 Å². The second-order valence-corrected chi connectivity index (χ2v) is 7.88. The van der Waals surface area contributed by atoms with Gasteiger partial charge in [0.25, 0.3) is 5.91 Å². The number of amides is 1. The van der Waals surface area contributed by atoms with E-state index in [0.717, 1.165) is 16.8 Å². The minimum Gasteiger partial charge on any atom is -0.461 e. The Bertz CT molecular complexity index is 1090. The van der Waals surface area contributed by atoms with Crippen LogP contribution in [0.25, 0.3) is 11.5 Å². The van der Waals surface area contributed by atoms with Crippen molar-refractivity contribution < 1.29 is 26.4 Å². The van der Waals surface area contributed by atoms with Crippen LogP contribution in [0, 0.1) is 5.82 Å². The Hall–Kier alpha value is -3.14. The van der Waals surface area contributed by atoms with Crippen molar-refractivity contribution in [3.05, 3.63) is 54.5 Å². The van der Waals surface area contributed by atoms with Gasteiger partial charge in [-0.1, -0.05) is 0 Å². The number of hydrogen-bond donors (Lipinski definition) is 1. The first-order chi connectivity index (χ1) is 13.0. The van der Waals surface area contributed by atoms with Gasteiger partial charge in [-0.15, -0.1) is 0 Å². The minimum atomic E-state index is -3.55. The highest BCUT2D eigenvalue weighted by Gasteiger charge is 2.30. The average Bonchev–Trinajstić information content (AvgIpc) is 3.35. The molecule has 0 radical (unpaired) electrons. The Morgan fingerprint density at radius 2 is 2.11 bits per heavy atom. The van der Waals surface area contributed by atoms with Gasteiger partial charge in [-0.3, -0.25) is 9.10 Å². The highest BCUT2D eigenvalue weighted by Crippen LogP contribution is 2.30. The van der Waals surface area contributed by atoms with E-state index in [1.54, 1.807) is 12.1 Å². The third-order valence-electron chi connectivity index (χ3n) is 4.10. The number of furan rings is 1. The van der Waals surface area contributed by atoms with Crippen LogP contribution in [0.15, 0.2) is 51.8 Å². The highest BCUT2D eigenvalue weighted by atomic mass is 32.2. The van der Waals surface area contributed by atoms with E-state index in [9.17, 15) is 17.6 Å².